The highest BCUT2D eigenvalue weighted by atomic mass is 32.2. The standard InChI is InChI=1S/C14H10FNO4S/c15-12-8-11(5-6-13(12)16(19)20)21-10-3-1-9(2-4-10)7-14(17)18/h1-6,8H,7H2,(H,17,18). The molecule has 0 fully saturated rings. The van der Waals surface area contributed by atoms with E-state index in [9.17, 15) is 19.3 Å². The number of hydrogen-bond donors (Lipinski definition) is 1. The fourth-order valence-corrected chi connectivity index (χ4v) is 2.53. The zero-order chi connectivity index (χ0) is 15.4. The molecule has 7 heteroatoms. The molecule has 0 spiro atoms. The van der Waals surface area contributed by atoms with Gasteiger partial charge in [0.25, 0.3) is 0 Å². The van der Waals surface area contributed by atoms with E-state index in [1.807, 2.05) is 0 Å². The maximum atomic E-state index is 13.5. The van der Waals surface area contributed by atoms with Crippen molar-refractivity contribution in [3.8, 4) is 0 Å². The van der Waals surface area contributed by atoms with Gasteiger partial charge in [0.15, 0.2) is 0 Å². The number of carbonyl (C=O) groups is 1. The molecule has 21 heavy (non-hydrogen) atoms. The lowest BCUT2D eigenvalue weighted by molar-refractivity contribution is -0.387. The Morgan fingerprint density at radius 3 is 2.33 bits per heavy atom. The van der Waals surface area contributed by atoms with Crippen molar-refractivity contribution in [2.24, 2.45) is 0 Å². The maximum Gasteiger partial charge on any atom is 0.307 e. The quantitative estimate of drug-likeness (QED) is 0.675. The Labute approximate surface area is 123 Å². The summed E-state index contributed by atoms with van der Waals surface area (Å²) in [4.78, 5) is 21.6. The molecule has 2 rings (SSSR count). The predicted octanol–water partition coefficient (Wildman–Crippen LogP) is 3.51. The van der Waals surface area contributed by atoms with Crippen LogP contribution in [0.1, 0.15) is 5.56 Å². The van der Waals surface area contributed by atoms with E-state index in [-0.39, 0.29) is 6.42 Å². The van der Waals surface area contributed by atoms with Crippen molar-refractivity contribution in [3.63, 3.8) is 0 Å². The van der Waals surface area contributed by atoms with E-state index in [1.165, 1.54) is 17.8 Å². The maximum absolute atomic E-state index is 13.5. The lowest BCUT2D eigenvalue weighted by Crippen LogP contribution is -1.99. The van der Waals surface area contributed by atoms with E-state index >= 15 is 0 Å². The van der Waals surface area contributed by atoms with Gasteiger partial charge < -0.3 is 5.11 Å². The minimum absolute atomic E-state index is 0.0584. The minimum Gasteiger partial charge on any atom is -0.481 e. The number of hydrogen-bond acceptors (Lipinski definition) is 4. The first-order valence-corrected chi connectivity index (χ1v) is 6.70. The van der Waals surface area contributed by atoms with Crippen LogP contribution in [0.15, 0.2) is 52.3 Å². The summed E-state index contributed by atoms with van der Waals surface area (Å²) in [5.41, 5.74) is 0.109. The van der Waals surface area contributed by atoms with E-state index < -0.39 is 22.4 Å². The minimum atomic E-state index is -0.909. The Hall–Kier alpha value is -2.41. The van der Waals surface area contributed by atoms with Gasteiger partial charge in [-0.05, 0) is 29.8 Å². The molecular formula is C14H10FNO4S. The molecule has 0 amide bonds. The number of carboxylic acid groups (broad SMARTS) is 1. The molecule has 1 N–H and O–H groups in total. The number of aliphatic carboxylic acids is 1. The molecule has 2 aromatic carbocycles. The van der Waals surface area contributed by atoms with Crippen LogP contribution >= 0.6 is 11.8 Å². The Balaban J connectivity index is 2.13. The molecular weight excluding hydrogens is 297 g/mol. The van der Waals surface area contributed by atoms with Crippen molar-refractivity contribution in [1.29, 1.82) is 0 Å². The summed E-state index contributed by atoms with van der Waals surface area (Å²) in [5, 5.41) is 19.2. The van der Waals surface area contributed by atoms with Gasteiger partial charge in [0, 0.05) is 15.9 Å². The van der Waals surface area contributed by atoms with Crippen molar-refractivity contribution in [2.45, 2.75) is 16.2 Å². The molecule has 0 aromatic heterocycles. The summed E-state index contributed by atoms with van der Waals surface area (Å²) in [7, 11) is 0. The Morgan fingerprint density at radius 2 is 1.81 bits per heavy atom. The van der Waals surface area contributed by atoms with Crippen molar-refractivity contribution in [2.75, 3.05) is 0 Å². The molecule has 0 bridgehead atoms. The van der Waals surface area contributed by atoms with Crippen molar-refractivity contribution in [1.82, 2.24) is 0 Å². The van der Waals surface area contributed by atoms with E-state index in [4.69, 9.17) is 5.11 Å². The summed E-state index contributed by atoms with van der Waals surface area (Å²) in [5.74, 6) is -1.79. The number of rotatable bonds is 5. The topological polar surface area (TPSA) is 80.4 Å². The van der Waals surface area contributed by atoms with E-state index in [2.05, 4.69) is 0 Å². The van der Waals surface area contributed by atoms with Crippen LogP contribution in [-0.2, 0) is 11.2 Å². The number of halogens is 1. The first-order valence-electron chi connectivity index (χ1n) is 5.88. The van der Waals surface area contributed by atoms with Crippen LogP contribution in [0.3, 0.4) is 0 Å². The molecule has 108 valence electrons. The summed E-state index contributed by atoms with van der Waals surface area (Å²) in [6, 6.07) is 10.5. The normalized spacial score (nSPS) is 10.3. The fourth-order valence-electron chi connectivity index (χ4n) is 1.69. The van der Waals surface area contributed by atoms with Crippen molar-refractivity contribution >= 4 is 23.4 Å². The third-order valence-electron chi connectivity index (χ3n) is 2.63. The fraction of sp³-hybridized carbons (Fsp3) is 0.0714. The second-order valence-electron chi connectivity index (χ2n) is 4.19. The molecule has 2 aromatic rings. The van der Waals surface area contributed by atoms with Gasteiger partial charge in [-0.3, -0.25) is 14.9 Å². The van der Waals surface area contributed by atoms with Crippen LogP contribution in [0.4, 0.5) is 10.1 Å². The van der Waals surface area contributed by atoms with Crippen molar-refractivity contribution < 1.29 is 19.2 Å². The highest BCUT2D eigenvalue weighted by molar-refractivity contribution is 7.99. The third kappa shape index (κ3) is 4.03. The Morgan fingerprint density at radius 1 is 1.19 bits per heavy atom. The number of nitrogens with zero attached hydrogens (tertiary/aromatic N) is 1. The Kier molecular flexibility index (Phi) is 4.54. The largest absolute Gasteiger partial charge is 0.481 e. The van der Waals surface area contributed by atoms with E-state index in [0.717, 1.165) is 17.0 Å². The van der Waals surface area contributed by atoms with Gasteiger partial charge in [-0.1, -0.05) is 23.9 Å². The highest BCUT2D eigenvalue weighted by Gasteiger charge is 2.14. The van der Waals surface area contributed by atoms with Gasteiger partial charge >= 0.3 is 11.7 Å². The highest BCUT2D eigenvalue weighted by Crippen LogP contribution is 2.30. The molecule has 0 heterocycles. The zero-order valence-electron chi connectivity index (χ0n) is 10.7. The molecule has 5 nitrogen and oxygen atoms in total. The average Bonchev–Trinajstić information content (AvgIpc) is 2.40. The lowest BCUT2D eigenvalue weighted by atomic mass is 10.2. The average molecular weight is 307 g/mol. The lowest BCUT2D eigenvalue weighted by Gasteiger charge is -2.03. The molecule has 0 aliphatic heterocycles. The number of nitro benzene ring substituents is 1. The molecule has 0 saturated heterocycles. The number of nitro groups is 1. The van der Waals surface area contributed by atoms with E-state index in [1.54, 1.807) is 24.3 Å². The zero-order valence-corrected chi connectivity index (χ0v) is 11.5. The van der Waals surface area contributed by atoms with Crippen LogP contribution in [0.5, 0.6) is 0 Å². The van der Waals surface area contributed by atoms with Crippen LogP contribution in [0.25, 0.3) is 0 Å². The predicted molar refractivity (Wildman–Crippen MR) is 75.0 cm³/mol. The van der Waals surface area contributed by atoms with E-state index in [0.29, 0.717) is 10.5 Å². The monoisotopic (exact) mass is 307 g/mol. The summed E-state index contributed by atoms with van der Waals surface area (Å²) < 4.78 is 13.5. The van der Waals surface area contributed by atoms with Crippen LogP contribution < -0.4 is 0 Å². The van der Waals surface area contributed by atoms with Crippen LogP contribution in [-0.4, -0.2) is 16.0 Å². The van der Waals surface area contributed by atoms with Gasteiger partial charge in [0.05, 0.1) is 11.3 Å². The molecule has 0 atom stereocenters. The molecule has 0 radical (unpaired) electrons. The number of benzene rings is 2. The van der Waals surface area contributed by atoms with Gasteiger partial charge in [-0.15, -0.1) is 0 Å². The van der Waals surface area contributed by atoms with Crippen LogP contribution in [0.2, 0.25) is 0 Å². The number of carboxylic acids is 1. The summed E-state index contributed by atoms with van der Waals surface area (Å²) >= 11 is 1.24. The smallest absolute Gasteiger partial charge is 0.307 e. The Bertz CT molecular complexity index is 688. The van der Waals surface area contributed by atoms with Gasteiger partial charge in [0.2, 0.25) is 5.82 Å². The molecule has 0 saturated carbocycles. The van der Waals surface area contributed by atoms with Crippen LogP contribution in [0, 0.1) is 15.9 Å². The third-order valence-corrected chi connectivity index (χ3v) is 3.63. The SMILES string of the molecule is O=C(O)Cc1ccc(Sc2ccc([N+](=O)[O-])c(F)c2)cc1. The van der Waals surface area contributed by atoms with Gasteiger partial charge in [0.1, 0.15) is 0 Å². The van der Waals surface area contributed by atoms with Crippen molar-refractivity contribution in [3.05, 3.63) is 64.0 Å². The molecule has 0 aliphatic carbocycles. The second-order valence-corrected chi connectivity index (χ2v) is 5.33. The molecule has 0 unspecified atom stereocenters. The van der Waals surface area contributed by atoms with Gasteiger partial charge in [-0.2, -0.15) is 4.39 Å². The summed E-state index contributed by atoms with van der Waals surface area (Å²) in [6.45, 7) is 0. The summed E-state index contributed by atoms with van der Waals surface area (Å²) in [6.07, 6.45) is -0.0584. The van der Waals surface area contributed by atoms with Gasteiger partial charge in [-0.25, -0.2) is 0 Å². The first-order chi connectivity index (χ1) is 9.95. The molecule has 0 aliphatic rings. The first kappa shape index (κ1) is 15.0. The second kappa shape index (κ2) is 6.36.